The van der Waals surface area contributed by atoms with Crippen LogP contribution in [0.3, 0.4) is 0 Å². The average Bonchev–Trinajstić information content (AvgIpc) is 3.02. The zero-order chi connectivity index (χ0) is 17.6. The molecule has 2 aliphatic rings. The number of likely N-dealkylation sites (tertiary alicyclic amines) is 2. The Hall–Kier alpha value is -1.14. The number of thiazole rings is 1. The van der Waals surface area contributed by atoms with Crippen LogP contribution < -0.4 is 5.32 Å². The molecule has 0 amide bonds. The van der Waals surface area contributed by atoms with Crippen molar-refractivity contribution in [3.8, 4) is 0 Å². The monoisotopic (exact) mass is 363 g/mol. The second-order valence-corrected chi connectivity index (χ2v) is 8.76. The number of hydrogen-bond donors (Lipinski definition) is 1. The van der Waals surface area contributed by atoms with Crippen molar-refractivity contribution in [2.45, 2.75) is 46.1 Å². The Kier molecular flexibility index (Phi) is 6.70. The Balaban J connectivity index is 1.39. The quantitative estimate of drug-likeness (QED) is 0.660. The SMILES string of the molecule is CN=C(NCC1CCN(Cc2csc(C)n2)CC1)N1CCCC(C)C1. The molecule has 0 radical (unpaired) electrons. The van der Waals surface area contributed by atoms with Gasteiger partial charge in [-0.3, -0.25) is 9.89 Å². The van der Waals surface area contributed by atoms with Gasteiger partial charge in [0.15, 0.2) is 5.96 Å². The number of nitrogens with zero attached hydrogens (tertiary/aromatic N) is 4. The van der Waals surface area contributed by atoms with E-state index in [9.17, 15) is 0 Å². The highest BCUT2D eigenvalue weighted by atomic mass is 32.1. The minimum Gasteiger partial charge on any atom is -0.356 e. The number of aromatic nitrogens is 1. The highest BCUT2D eigenvalue weighted by Crippen LogP contribution is 2.20. The van der Waals surface area contributed by atoms with Crippen molar-refractivity contribution in [2.24, 2.45) is 16.8 Å². The van der Waals surface area contributed by atoms with Gasteiger partial charge in [-0.1, -0.05) is 6.92 Å². The first-order valence-electron chi connectivity index (χ1n) is 9.73. The molecule has 0 spiro atoms. The molecule has 3 rings (SSSR count). The molecule has 1 unspecified atom stereocenters. The van der Waals surface area contributed by atoms with Crippen LogP contribution in [0.25, 0.3) is 0 Å². The summed E-state index contributed by atoms with van der Waals surface area (Å²) in [5, 5.41) is 7.02. The van der Waals surface area contributed by atoms with Crippen molar-refractivity contribution in [3.63, 3.8) is 0 Å². The summed E-state index contributed by atoms with van der Waals surface area (Å²) in [6.07, 6.45) is 5.17. The van der Waals surface area contributed by atoms with Crippen LogP contribution in [0, 0.1) is 18.8 Å². The van der Waals surface area contributed by atoms with E-state index in [1.807, 2.05) is 7.05 Å². The molecule has 3 heterocycles. The summed E-state index contributed by atoms with van der Waals surface area (Å²) in [6, 6.07) is 0. The van der Waals surface area contributed by atoms with E-state index in [4.69, 9.17) is 0 Å². The highest BCUT2D eigenvalue weighted by molar-refractivity contribution is 7.09. The summed E-state index contributed by atoms with van der Waals surface area (Å²) >= 11 is 1.76. The molecule has 5 nitrogen and oxygen atoms in total. The Morgan fingerprint density at radius 1 is 1.32 bits per heavy atom. The van der Waals surface area contributed by atoms with Gasteiger partial charge in [-0.05, 0) is 57.5 Å². The number of guanidine groups is 1. The van der Waals surface area contributed by atoms with Crippen LogP contribution in [0.5, 0.6) is 0 Å². The van der Waals surface area contributed by atoms with Gasteiger partial charge in [0.2, 0.25) is 0 Å². The maximum Gasteiger partial charge on any atom is 0.193 e. The fourth-order valence-corrected chi connectivity index (χ4v) is 4.61. The zero-order valence-electron chi connectivity index (χ0n) is 16.0. The van der Waals surface area contributed by atoms with E-state index in [0.717, 1.165) is 44.0 Å². The third-order valence-corrected chi connectivity index (χ3v) is 6.30. The summed E-state index contributed by atoms with van der Waals surface area (Å²) in [5.41, 5.74) is 1.23. The first kappa shape index (κ1) is 18.6. The predicted octanol–water partition coefficient (Wildman–Crippen LogP) is 2.97. The Bertz CT molecular complexity index is 562. The summed E-state index contributed by atoms with van der Waals surface area (Å²) < 4.78 is 0. The molecule has 1 aromatic rings. The van der Waals surface area contributed by atoms with Gasteiger partial charge in [0.1, 0.15) is 0 Å². The number of nitrogens with one attached hydrogen (secondary N) is 1. The third kappa shape index (κ3) is 5.42. The van der Waals surface area contributed by atoms with E-state index in [1.54, 1.807) is 11.3 Å². The van der Waals surface area contributed by atoms with Gasteiger partial charge in [-0.15, -0.1) is 11.3 Å². The van der Waals surface area contributed by atoms with Gasteiger partial charge in [-0.25, -0.2) is 4.98 Å². The molecule has 0 aliphatic carbocycles. The lowest BCUT2D eigenvalue weighted by atomic mass is 9.96. The summed E-state index contributed by atoms with van der Waals surface area (Å²) in [4.78, 5) is 14.1. The lowest BCUT2D eigenvalue weighted by molar-refractivity contribution is 0.175. The molecular weight excluding hydrogens is 330 g/mol. The smallest absolute Gasteiger partial charge is 0.193 e. The molecule has 1 aromatic heterocycles. The number of aliphatic imine (C=N–C) groups is 1. The van der Waals surface area contributed by atoms with Gasteiger partial charge < -0.3 is 10.2 Å². The molecule has 2 fully saturated rings. The summed E-state index contributed by atoms with van der Waals surface area (Å²) in [5.74, 6) is 2.64. The maximum atomic E-state index is 4.60. The summed E-state index contributed by atoms with van der Waals surface area (Å²) in [6.45, 7) is 11.2. The molecule has 0 aromatic carbocycles. The van der Waals surface area contributed by atoms with Crippen LogP contribution in [-0.4, -0.2) is 60.5 Å². The normalized spacial score (nSPS) is 23.9. The first-order valence-corrected chi connectivity index (χ1v) is 10.6. The van der Waals surface area contributed by atoms with Crippen molar-refractivity contribution < 1.29 is 0 Å². The second kappa shape index (κ2) is 8.99. The molecule has 2 aliphatic heterocycles. The van der Waals surface area contributed by atoms with E-state index in [0.29, 0.717) is 0 Å². The molecule has 1 atom stereocenters. The van der Waals surface area contributed by atoms with E-state index in [1.165, 1.54) is 49.5 Å². The highest BCUT2D eigenvalue weighted by Gasteiger charge is 2.22. The van der Waals surface area contributed by atoms with Crippen LogP contribution in [0.1, 0.15) is 43.3 Å². The van der Waals surface area contributed by atoms with Crippen molar-refractivity contribution in [2.75, 3.05) is 39.8 Å². The minimum absolute atomic E-state index is 0.757. The lowest BCUT2D eigenvalue weighted by Gasteiger charge is -2.35. The van der Waals surface area contributed by atoms with Crippen molar-refractivity contribution in [3.05, 3.63) is 16.1 Å². The average molecular weight is 364 g/mol. The largest absolute Gasteiger partial charge is 0.356 e. The van der Waals surface area contributed by atoms with E-state index >= 15 is 0 Å². The molecule has 25 heavy (non-hydrogen) atoms. The van der Waals surface area contributed by atoms with Crippen molar-refractivity contribution in [1.82, 2.24) is 20.1 Å². The fraction of sp³-hybridized carbons (Fsp3) is 0.789. The molecule has 0 saturated carbocycles. The third-order valence-electron chi connectivity index (χ3n) is 5.48. The van der Waals surface area contributed by atoms with Gasteiger partial charge in [-0.2, -0.15) is 0 Å². The standard InChI is InChI=1S/C19H33N5S/c1-15-5-4-8-24(12-15)19(20-3)21-11-17-6-9-23(10-7-17)13-18-14-25-16(2)22-18/h14-15,17H,4-13H2,1-3H3,(H,20,21). The fourth-order valence-electron chi connectivity index (χ4n) is 4.01. The van der Waals surface area contributed by atoms with Gasteiger partial charge >= 0.3 is 0 Å². The van der Waals surface area contributed by atoms with E-state index < -0.39 is 0 Å². The number of hydrogen-bond acceptors (Lipinski definition) is 4. The topological polar surface area (TPSA) is 43.8 Å². The van der Waals surface area contributed by atoms with Crippen molar-refractivity contribution in [1.29, 1.82) is 0 Å². The molecule has 140 valence electrons. The molecular formula is C19H33N5S. The number of piperidine rings is 2. The van der Waals surface area contributed by atoms with Crippen LogP contribution in [-0.2, 0) is 6.54 Å². The van der Waals surface area contributed by atoms with Crippen LogP contribution in [0.2, 0.25) is 0 Å². The number of rotatable bonds is 4. The lowest BCUT2D eigenvalue weighted by Crippen LogP contribution is -2.48. The first-order chi connectivity index (χ1) is 12.1. The Morgan fingerprint density at radius 2 is 2.12 bits per heavy atom. The molecule has 0 bridgehead atoms. The van der Waals surface area contributed by atoms with E-state index in [2.05, 4.69) is 44.3 Å². The molecule has 2 saturated heterocycles. The predicted molar refractivity (Wildman–Crippen MR) is 106 cm³/mol. The summed E-state index contributed by atoms with van der Waals surface area (Å²) in [7, 11) is 1.92. The van der Waals surface area contributed by atoms with Crippen LogP contribution in [0.15, 0.2) is 10.4 Å². The van der Waals surface area contributed by atoms with Crippen LogP contribution >= 0.6 is 11.3 Å². The molecule has 1 N–H and O–H groups in total. The van der Waals surface area contributed by atoms with Gasteiger partial charge in [0.25, 0.3) is 0 Å². The minimum atomic E-state index is 0.757. The second-order valence-electron chi connectivity index (χ2n) is 7.70. The van der Waals surface area contributed by atoms with Gasteiger partial charge in [0, 0.05) is 38.6 Å². The Labute approximate surface area is 156 Å². The van der Waals surface area contributed by atoms with Crippen LogP contribution in [0.4, 0.5) is 0 Å². The Morgan fingerprint density at radius 3 is 2.76 bits per heavy atom. The molecule has 6 heteroatoms. The van der Waals surface area contributed by atoms with Gasteiger partial charge in [0.05, 0.1) is 10.7 Å². The number of aryl methyl sites for hydroxylation is 1. The van der Waals surface area contributed by atoms with Crippen molar-refractivity contribution >= 4 is 17.3 Å². The maximum absolute atomic E-state index is 4.60. The zero-order valence-corrected chi connectivity index (χ0v) is 16.8. The van der Waals surface area contributed by atoms with E-state index in [-0.39, 0.29) is 0 Å².